The minimum absolute atomic E-state index is 0.0486. The van der Waals surface area contributed by atoms with Crippen LogP contribution in [-0.2, 0) is 4.79 Å². The third-order valence-electron chi connectivity index (χ3n) is 3.73. The van der Waals surface area contributed by atoms with Crippen molar-refractivity contribution in [3.05, 3.63) is 0 Å². The van der Waals surface area contributed by atoms with Crippen LogP contribution >= 0.6 is 11.8 Å². The number of hydrogen-bond acceptors (Lipinski definition) is 3. The molecule has 0 aromatic rings. The van der Waals surface area contributed by atoms with E-state index in [0.29, 0.717) is 5.92 Å². The highest BCUT2D eigenvalue weighted by molar-refractivity contribution is 7.99. The molecule has 16 heavy (non-hydrogen) atoms. The smallest absolute Gasteiger partial charge is 0.238 e. The average Bonchev–Trinajstić information content (AvgIpc) is 2.81. The van der Waals surface area contributed by atoms with Crippen LogP contribution in [0.3, 0.4) is 0 Å². The first-order valence-corrected chi connectivity index (χ1v) is 7.50. The maximum Gasteiger partial charge on any atom is 0.238 e. The summed E-state index contributed by atoms with van der Waals surface area (Å²) >= 11 is 1.80. The van der Waals surface area contributed by atoms with Crippen LogP contribution in [0.15, 0.2) is 0 Å². The Morgan fingerprint density at radius 3 is 2.75 bits per heavy atom. The monoisotopic (exact) mass is 242 g/mol. The molecule has 0 aromatic carbocycles. The molecule has 2 fully saturated rings. The SMILES string of the molecule is CC1CCC(CNC(=O)C2CSCN2)CC1. The lowest BCUT2D eigenvalue weighted by Gasteiger charge is -2.26. The second kappa shape index (κ2) is 5.92. The highest BCUT2D eigenvalue weighted by Gasteiger charge is 2.24. The Labute approximate surface area is 102 Å². The van der Waals surface area contributed by atoms with Crippen molar-refractivity contribution in [3.8, 4) is 0 Å². The Balaban J connectivity index is 1.65. The van der Waals surface area contributed by atoms with Crippen molar-refractivity contribution in [1.82, 2.24) is 10.6 Å². The van der Waals surface area contributed by atoms with Crippen LogP contribution in [0.1, 0.15) is 32.6 Å². The van der Waals surface area contributed by atoms with Crippen LogP contribution in [-0.4, -0.2) is 30.1 Å². The predicted octanol–water partition coefficient (Wildman–Crippen LogP) is 1.59. The molecule has 92 valence electrons. The van der Waals surface area contributed by atoms with E-state index < -0.39 is 0 Å². The van der Waals surface area contributed by atoms with E-state index in [-0.39, 0.29) is 11.9 Å². The molecule has 1 atom stereocenters. The Morgan fingerprint density at radius 2 is 2.12 bits per heavy atom. The zero-order valence-corrected chi connectivity index (χ0v) is 10.8. The van der Waals surface area contributed by atoms with E-state index in [0.717, 1.165) is 24.1 Å². The summed E-state index contributed by atoms with van der Waals surface area (Å²) in [6.07, 6.45) is 5.23. The first kappa shape index (κ1) is 12.2. The summed E-state index contributed by atoms with van der Waals surface area (Å²) in [5, 5.41) is 6.30. The molecule has 2 aliphatic rings. The van der Waals surface area contributed by atoms with Gasteiger partial charge in [0.05, 0.1) is 6.04 Å². The summed E-state index contributed by atoms with van der Waals surface area (Å²) in [5.41, 5.74) is 0. The van der Waals surface area contributed by atoms with E-state index in [4.69, 9.17) is 0 Å². The van der Waals surface area contributed by atoms with Crippen LogP contribution in [0.25, 0.3) is 0 Å². The van der Waals surface area contributed by atoms with Gasteiger partial charge in [-0.3, -0.25) is 10.1 Å². The molecule has 1 unspecified atom stereocenters. The van der Waals surface area contributed by atoms with Gasteiger partial charge in [0.25, 0.3) is 0 Å². The third kappa shape index (κ3) is 3.39. The van der Waals surface area contributed by atoms with Gasteiger partial charge in [-0.15, -0.1) is 11.8 Å². The van der Waals surface area contributed by atoms with Gasteiger partial charge in [-0.2, -0.15) is 0 Å². The lowest BCUT2D eigenvalue weighted by Crippen LogP contribution is -2.43. The molecule has 2 rings (SSSR count). The molecular formula is C12H22N2OS. The fraction of sp³-hybridized carbons (Fsp3) is 0.917. The summed E-state index contributed by atoms with van der Waals surface area (Å²) in [6, 6.07) is 0.0486. The van der Waals surface area contributed by atoms with Crippen LogP contribution in [0.2, 0.25) is 0 Å². The van der Waals surface area contributed by atoms with Crippen molar-refractivity contribution in [2.75, 3.05) is 18.2 Å². The van der Waals surface area contributed by atoms with Crippen LogP contribution in [0.4, 0.5) is 0 Å². The molecule has 0 radical (unpaired) electrons. The lowest BCUT2D eigenvalue weighted by molar-refractivity contribution is -0.122. The summed E-state index contributed by atoms with van der Waals surface area (Å²) in [7, 11) is 0. The topological polar surface area (TPSA) is 41.1 Å². The van der Waals surface area contributed by atoms with Crippen LogP contribution in [0.5, 0.6) is 0 Å². The van der Waals surface area contributed by atoms with Gasteiger partial charge >= 0.3 is 0 Å². The van der Waals surface area contributed by atoms with Crippen molar-refractivity contribution in [2.24, 2.45) is 11.8 Å². The van der Waals surface area contributed by atoms with Gasteiger partial charge in [-0.25, -0.2) is 0 Å². The van der Waals surface area contributed by atoms with Gasteiger partial charge < -0.3 is 5.32 Å². The van der Waals surface area contributed by atoms with Gasteiger partial charge in [0.15, 0.2) is 0 Å². The molecule has 1 aliphatic heterocycles. The molecule has 0 spiro atoms. The lowest BCUT2D eigenvalue weighted by atomic mass is 9.83. The molecule has 4 heteroatoms. The zero-order valence-electron chi connectivity index (χ0n) is 10.00. The van der Waals surface area contributed by atoms with Crippen molar-refractivity contribution in [1.29, 1.82) is 0 Å². The van der Waals surface area contributed by atoms with Crippen molar-refractivity contribution in [2.45, 2.75) is 38.6 Å². The minimum Gasteiger partial charge on any atom is -0.354 e. The molecule has 1 aliphatic carbocycles. The zero-order chi connectivity index (χ0) is 11.4. The van der Waals surface area contributed by atoms with E-state index >= 15 is 0 Å². The summed E-state index contributed by atoms with van der Waals surface area (Å²) < 4.78 is 0. The van der Waals surface area contributed by atoms with Gasteiger partial charge in [-0.1, -0.05) is 19.8 Å². The Hall–Kier alpha value is -0.220. The van der Waals surface area contributed by atoms with Crippen molar-refractivity contribution >= 4 is 17.7 Å². The van der Waals surface area contributed by atoms with Crippen molar-refractivity contribution in [3.63, 3.8) is 0 Å². The number of nitrogens with one attached hydrogen (secondary N) is 2. The maximum atomic E-state index is 11.8. The van der Waals surface area contributed by atoms with Crippen molar-refractivity contribution < 1.29 is 4.79 Å². The second-order valence-corrected chi connectivity index (χ2v) is 6.17. The first-order chi connectivity index (χ1) is 7.75. The number of carbonyl (C=O) groups excluding carboxylic acids is 1. The Bertz CT molecular complexity index is 233. The number of amides is 1. The largest absolute Gasteiger partial charge is 0.354 e. The summed E-state index contributed by atoms with van der Waals surface area (Å²) in [5.74, 6) is 3.64. The van der Waals surface area contributed by atoms with Gasteiger partial charge in [0.1, 0.15) is 0 Å². The fourth-order valence-electron chi connectivity index (χ4n) is 2.46. The number of carbonyl (C=O) groups is 1. The average molecular weight is 242 g/mol. The first-order valence-electron chi connectivity index (χ1n) is 6.34. The third-order valence-corrected chi connectivity index (χ3v) is 4.67. The Morgan fingerprint density at radius 1 is 1.38 bits per heavy atom. The highest BCUT2D eigenvalue weighted by atomic mass is 32.2. The number of thioether (sulfide) groups is 1. The number of hydrogen-bond donors (Lipinski definition) is 2. The molecule has 1 saturated carbocycles. The van der Waals surface area contributed by atoms with Gasteiger partial charge in [-0.05, 0) is 24.7 Å². The summed E-state index contributed by atoms with van der Waals surface area (Å²) in [6.45, 7) is 3.21. The molecule has 0 aromatic heterocycles. The van der Waals surface area contributed by atoms with Gasteiger partial charge in [0.2, 0.25) is 5.91 Å². The molecular weight excluding hydrogens is 220 g/mol. The minimum atomic E-state index is 0.0486. The fourth-order valence-corrected chi connectivity index (χ4v) is 3.41. The highest BCUT2D eigenvalue weighted by Crippen LogP contribution is 2.27. The standard InChI is InChI=1S/C12H22N2OS/c1-9-2-4-10(5-3-9)6-13-12(15)11-7-16-8-14-11/h9-11,14H,2-8H2,1H3,(H,13,15). The van der Waals surface area contributed by atoms with E-state index in [1.54, 1.807) is 11.8 Å². The predicted molar refractivity (Wildman–Crippen MR) is 68.4 cm³/mol. The van der Waals surface area contributed by atoms with E-state index in [2.05, 4.69) is 17.6 Å². The molecule has 1 heterocycles. The van der Waals surface area contributed by atoms with E-state index in [9.17, 15) is 4.79 Å². The molecule has 0 bridgehead atoms. The maximum absolute atomic E-state index is 11.8. The molecule has 1 saturated heterocycles. The van der Waals surface area contributed by atoms with Gasteiger partial charge in [0, 0.05) is 18.2 Å². The number of rotatable bonds is 3. The molecule has 2 N–H and O–H groups in total. The van der Waals surface area contributed by atoms with E-state index in [1.807, 2.05) is 0 Å². The second-order valence-electron chi connectivity index (χ2n) is 5.14. The summed E-state index contributed by atoms with van der Waals surface area (Å²) in [4.78, 5) is 11.8. The molecule has 3 nitrogen and oxygen atoms in total. The normalized spacial score (nSPS) is 34.9. The van der Waals surface area contributed by atoms with Crippen LogP contribution in [0, 0.1) is 11.8 Å². The van der Waals surface area contributed by atoms with Crippen LogP contribution < -0.4 is 10.6 Å². The molecule has 1 amide bonds. The Kier molecular flexibility index (Phi) is 4.53. The quantitative estimate of drug-likeness (QED) is 0.790. The van der Waals surface area contributed by atoms with E-state index in [1.165, 1.54) is 25.7 Å².